The molecular formula is C18H36Br. The summed E-state index contributed by atoms with van der Waals surface area (Å²) in [6.45, 7) is 2.29. The van der Waals surface area contributed by atoms with E-state index in [1.165, 1.54) is 103 Å². The molecule has 0 aromatic heterocycles. The van der Waals surface area contributed by atoms with E-state index in [0.29, 0.717) is 0 Å². The van der Waals surface area contributed by atoms with Gasteiger partial charge in [0.1, 0.15) is 0 Å². The highest BCUT2D eigenvalue weighted by atomic mass is 79.9. The van der Waals surface area contributed by atoms with Crippen LogP contribution in [0.3, 0.4) is 0 Å². The molecule has 0 amide bonds. The Morgan fingerprint density at radius 1 is 0.526 bits per heavy atom. The van der Waals surface area contributed by atoms with Crippen LogP contribution in [0.4, 0.5) is 0 Å². The van der Waals surface area contributed by atoms with Gasteiger partial charge in [-0.2, -0.15) is 0 Å². The predicted molar refractivity (Wildman–Crippen MR) is 92.8 cm³/mol. The zero-order valence-electron chi connectivity index (χ0n) is 13.3. The van der Waals surface area contributed by atoms with Crippen LogP contribution in [-0.2, 0) is 0 Å². The lowest BCUT2D eigenvalue weighted by molar-refractivity contribution is 0.532. The molecule has 0 aliphatic carbocycles. The predicted octanol–water partition coefficient (Wildman–Crippen LogP) is 7.80. The summed E-state index contributed by atoms with van der Waals surface area (Å²) >= 11 is 3.37. The molecule has 0 rings (SSSR count). The first-order chi connectivity index (χ1) is 9.41. The van der Waals surface area contributed by atoms with Gasteiger partial charge in [0.25, 0.3) is 0 Å². The Balaban J connectivity index is 2.88. The molecule has 0 unspecified atom stereocenters. The van der Waals surface area contributed by atoms with Gasteiger partial charge in [-0.3, -0.25) is 0 Å². The molecule has 115 valence electrons. The van der Waals surface area contributed by atoms with E-state index in [1.807, 2.05) is 0 Å². The maximum atomic E-state index is 3.37. The van der Waals surface area contributed by atoms with Crippen LogP contribution in [0.25, 0.3) is 0 Å². The lowest BCUT2D eigenvalue weighted by atomic mass is 10.0. The maximum Gasteiger partial charge on any atom is 0.0271 e. The van der Waals surface area contributed by atoms with Crippen molar-refractivity contribution in [2.24, 2.45) is 0 Å². The average Bonchev–Trinajstić information content (AvgIpc) is 2.43. The van der Waals surface area contributed by atoms with Gasteiger partial charge >= 0.3 is 0 Å². The monoisotopic (exact) mass is 331 g/mol. The normalized spacial score (nSPS) is 11.1. The molecular weight excluding hydrogens is 296 g/mol. The molecule has 0 atom stereocenters. The largest absolute Gasteiger partial charge is 0.0879 e. The SMILES string of the molecule is CCCCCCCCCCCCCCCCC[CH]Br. The Morgan fingerprint density at radius 3 is 1.16 bits per heavy atom. The summed E-state index contributed by atoms with van der Waals surface area (Å²) in [5.41, 5.74) is 0. The third kappa shape index (κ3) is 18.5. The summed E-state index contributed by atoms with van der Waals surface area (Å²) in [7, 11) is 0. The Kier molecular flexibility index (Phi) is 18.9. The van der Waals surface area contributed by atoms with Crippen molar-refractivity contribution in [3.8, 4) is 0 Å². The van der Waals surface area contributed by atoms with Crippen LogP contribution >= 0.6 is 15.9 Å². The van der Waals surface area contributed by atoms with E-state index in [4.69, 9.17) is 0 Å². The van der Waals surface area contributed by atoms with Crippen molar-refractivity contribution < 1.29 is 0 Å². The third-order valence-corrected chi connectivity index (χ3v) is 4.37. The second-order valence-corrected chi connectivity index (χ2v) is 6.54. The highest BCUT2D eigenvalue weighted by Gasteiger charge is 1.94. The second-order valence-electron chi connectivity index (χ2n) is 5.89. The van der Waals surface area contributed by atoms with Gasteiger partial charge in [0.2, 0.25) is 0 Å². The molecule has 0 heterocycles. The van der Waals surface area contributed by atoms with E-state index in [2.05, 4.69) is 28.2 Å². The topological polar surface area (TPSA) is 0 Å². The third-order valence-electron chi connectivity index (χ3n) is 3.92. The Morgan fingerprint density at radius 2 is 0.842 bits per heavy atom. The quantitative estimate of drug-likeness (QED) is 0.253. The van der Waals surface area contributed by atoms with Crippen molar-refractivity contribution in [1.29, 1.82) is 0 Å². The van der Waals surface area contributed by atoms with E-state index in [0.717, 1.165) is 0 Å². The van der Waals surface area contributed by atoms with Gasteiger partial charge < -0.3 is 0 Å². The van der Waals surface area contributed by atoms with E-state index in [1.54, 1.807) is 0 Å². The average molecular weight is 332 g/mol. The highest BCUT2D eigenvalue weighted by Crippen LogP contribution is 2.14. The molecule has 1 radical (unpaired) electrons. The van der Waals surface area contributed by atoms with Crippen molar-refractivity contribution in [3.05, 3.63) is 5.33 Å². The first-order valence-electron chi connectivity index (χ1n) is 8.83. The fourth-order valence-electron chi connectivity index (χ4n) is 2.59. The van der Waals surface area contributed by atoms with Crippen LogP contribution in [0, 0.1) is 5.33 Å². The van der Waals surface area contributed by atoms with Gasteiger partial charge in [-0.25, -0.2) is 0 Å². The van der Waals surface area contributed by atoms with Crippen LogP contribution in [0.2, 0.25) is 0 Å². The van der Waals surface area contributed by atoms with E-state index < -0.39 is 0 Å². The summed E-state index contributed by atoms with van der Waals surface area (Å²) in [6.07, 6.45) is 23.0. The number of rotatable bonds is 16. The fourth-order valence-corrected chi connectivity index (χ4v) is 2.92. The van der Waals surface area contributed by atoms with Gasteiger partial charge in [0.15, 0.2) is 0 Å². The van der Waals surface area contributed by atoms with Crippen molar-refractivity contribution in [2.75, 3.05) is 0 Å². The van der Waals surface area contributed by atoms with Crippen molar-refractivity contribution >= 4 is 15.9 Å². The number of unbranched alkanes of at least 4 members (excludes halogenated alkanes) is 15. The summed E-state index contributed by atoms with van der Waals surface area (Å²) in [6, 6.07) is 0. The minimum Gasteiger partial charge on any atom is -0.0879 e. The molecule has 0 spiro atoms. The van der Waals surface area contributed by atoms with Crippen LogP contribution in [-0.4, -0.2) is 0 Å². The molecule has 0 aliphatic heterocycles. The number of hydrogen-bond acceptors (Lipinski definition) is 0. The highest BCUT2D eigenvalue weighted by molar-refractivity contribution is 9.10. The molecule has 0 N–H and O–H groups in total. The maximum absolute atomic E-state index is 3.37. The second kappa shape index (κ2) is 18.5. The lowest BCUT2D eigenvalue weighted by Crippen LogP contribution is -1.83. The molecule has 0 aliphatic rings. The summed E-state index contributed by atoms with van der Waals surface area (Å²) in [5.74, 6) is 0. The Labute approximate surface area is 131 Å². The molecule has 0 aromatic carbocycles. The van der Waals surface area contributed by atoms with E-state index >= 15 is 0 Å². The molecule has 0 fully saturated rings. The van der Waals surface area contributed by atoms with Crippen LogP contribution < -0.4 is 0 Å². The van der Waals surface area contributed by atoms with Crippen LogP contribution in [0.5, 0.6) is 0 Å². The first kappa shape index (κ1) is 19.5. The summed E-state index contributed by atoms with van der Waals surface area (Å²) in [4.78, 5) is 0. The van der Waals surface area contributed by atoms with Crippen LogP contribution in [0.1, 0.15) is 110 Å². The van der Waals surface area contributed by atoms with Gasteiger partial charge in [0, 0.05) is 5.33 Å². The molecule has 0 nitrogen and oxygen atoms in total. The van der Waals surface area contributed by atoms with Crippen LogP contribution in [0.15, 0.2) is 0 Å². The molecule has 0 aromatic rings. The lowest BCUT2D eigenvalue weighted by Gasteiger charge is -2.03. The molecule has 1 heteroatoms. The summed E-state index contributed by atoms with van der Waals surface area (Å²) < 4.78 is 0. The number of hydrogen-bond donors (Lipinski definition) is 0. The minimum absolute atomic E-state index is 1.23. The minimum atomic E-state index is 1.23. The Bertz CT molecular complexity index is 129. The van der Waals surface area contributed by atoms with Crippen molar-refractivity contribution in [3.63, 3.8) is 0 Å². The zero-order valence-corrected chi connectivity index (χ0v) is 14.9. The van der Waals surface area contributed by atoms with Crippen molar-refractivity contribution in [1.82, 2.24) is 0 Å². The van der Waals surface area contributed by atoms with Gasteiger partial charge in [-0.05, 0) is 6.42 Å². The standard InChI is InChI=1S/C18H36Br/c1-2-3-4-5-6-7-8-9-10-11-12-13-14-15-16-17-18-19/h18H,2-17H2,1H3. The molecule has 0 saturated carbocycles. The zero-order chi connectivity index (χ0) is 14.0. The molecule has 0 saturated heterocycles. The first-order valence-corrected chi connectivity index (χ1v) is 9.75. The van der Waals surface area contributed by atoms with Gasteiger partial charge in [-0.1, -0.05) is 119 Å². The smallest absolute Gasteiger partial charge is 0.0271 e. The van der Waals surface area contributed by atoms with Crippen molar-refractivity contribution in [2.45, 2.75) is 110 Å². The molecule has 19 heavy (non-hydrogen) atoms. The van der Waals surface area contributed by atoms with E-state index in [9.17, 15) is 0 Å². The Hall–Kier alpha value is 0.480. The molecule has 0 bridgehead atoms. The fraction of sp³-hybridized carbons (Fsp3) is 0.944. The summed E-state index contributed by atoms with van der Waals surface area (Å²) in [5, 5.41) is 2.11. The van der Waals surface area contributed by atoms with Gasteiger partial charge in [-0.15, -0.1) is 0 Å². The van der Waals surface area contributed by atoms with E-state index in [-0.39, 0.29) is 0 Å². The van der Waals surface area contributed by atoms with Gasteiger partial charge in [0.05, 0.1) is 0 Å². The number of halogens is 1.